The molecule has 2 aliphatic heterocycles. The molecule has 0 aromatic carbocycles. The monoisotopic (exact) mass is 414 g/mol. The van der Waals surface area contributed by atoms with Crippen LogP contribution in [0.25, 0.3) is 0 Å². The smallest absolute Gasteiger partial charge is 0.136 e. The summed E-state index contributed by atoms with van der Waals surface area (Å²) in [5.41, 5.74) is 4.88. The maximum absolute atomic E-state index is 5.17. The van der Waals surface area contributed by atoms with Gasteiger partial charge in [0.2, 0.25) is 0 Å². The van der Waals surface area contributed by atoms with Gasteiger partial charge in [0.1, 0.15) is 11.6 Å². The second-order valence-corrected chi connectivity index (χ2v) is 8.75. The normalized spacial score (nSPS) is 19.3. The molecule has 0 N–H and O–H groups in total. The molecule has 6 nitrogen and oxygen atoms in total. The van der Waals surface area contributed by atoms with Crippen LogP contribution in [0, 0.1) is 6.92 Å². The van der Waals surface area contributed by atoms with Crippen molar-refractivity contribution >= 4 is 5.82 Å². The number of rotatable bonds is 5. The number of nitrogens with zero attached hydrogens (tertiary/aromatic N) is 6. The molecule has 0 saturated carbocycles. The van der Waals surface area contributed by atoms with Crippen LogP contribution in [0.3, 0.4) is 0 Å². The number of likely N-dealkylation sites (tertiary alicyclic amines) is 1. The number of aromatic nitrogens is 4. The van der Waals surface area contributed by atoms with E-state index in [2.05, 4.69) is 51.0 Å². The molecule has 5 heterocycles. The Kier molecular flexibility index (Phi) is 5.89. The zero-order valence-electron chi connectivity index (χ0n) is 18.2. The fourth-order valence-electron chi connectivity index (χ4n) is 4.89. The van der Waals surface area contributed by atoms with E-state index in [9.17, 15) is 0 Å². The summed E-state index contributed by atoms with van der Waals surface area (Å²) in [6, 6.07) is 10.3. The van der Waals surface area contributed by atoms with Gasteiger partial charge in [-0.2, -0.15) is 0 Å². The first kappa shape index (κ1) is 20.1. The first-order valence-corrected chi connectivity index (χ1v) is 11.4. The average Bonchev–Trinajstić information content (AvgIpc) is 2.81. The Hall–Kier alpha value is -2.86. The molecular formula is C25H30N6. The first-order chi connectivity index (χ1) is 15.3. The van der Waals surface area contributed by atoms with Crippen LogP contribution in [-0.4, -0.2) is 44.5 Å². The maximum atomic E-state index is 5.17. The van der Waals surface area contributed by atoms with E-state index in [4.69, 9.17) is 9.97 Å². The highest BCUT2D eigenvalue weighted by Gasteiger charge is 2.28. The Bertz CT molecular complexity index is 1010. The van der Waals surface area contributed by atoms with Gasteiger partial charge in [0.15, 0.2) is 0 Å². The van der Waals surface area contributed by atoms with Crippen LogP contribution in [0.4, 0.5) is 5.82 Å². The molecule has 1 atom stereocenters. The number of hydrogen-bond donors (Lipinski definition) is 0. The standard InChI is InChI=1S/C25H30N6/c1-19-23-8-5-15-31(18-22-7-2-3-11-27-22)25(23)29-24(28-19)21-6-4-14-30(17-21)16-20-9-12-26-13-10-20/h2-3,7,9-13,21H,4-6,8,14-18H2,1H3. The summed E-state index contributed by atoms with van der Waals surface area (Å²) >= 11 is 0. The molecule has 0 bridgehead atoms. The third-order valence-corrected chi connectivity index (χ3v) is 6.47. The molecule has 160 valence electrons. The molecule has 3 aromatic heterocycles. The lowest BCUT2D eigenvalue weighted by molar-refractivity contribution is 0.196. The van der Waals surface area contributed by atoms with Gasteiger partial charge in [0.05, 0.1) is 12.2 Å². The Labute approximate surface area is 184 Å². The van der Waals surface area contributed by atoms with Gasteiger partial charge in [-0.05, 0) is 69.0 Å². The first-order valence-electron chi connectivity index (χ1n) is 11.4. The molecule has 0 radical (unpaired) electrons. The van der Waals surface area contributed by atoms with E-state index in [0.717, 1.165) is 75.0 Å². The van der Waals surface area contributed by atoms with Gasteiger partial charge in [0, 0.05) is 55.4 Å². The summed E-state index contributed by atoms with van der Waals surface area (Å²) in [6.07, 6.45) is 10.2. The Morgan fingerprint density at radius 2 is 1.87 bits per heavy atom. The summed E-state index contributed by atoms with van der Waals surface area (Å²) < 4.78 is 0. The molecule has 0 aliphatic carbocycles. The van der Waals surface area contributed by atoms with Crippen molar-refractivity contribution in [2.75, 3.05) is 24.5 Å². The fraction of sp³-hybridized carbons (Fsp3) is 0.440. The lowest BCUT2D eigenvalue weighted by Crippen LogP contribution is -2.36. The molecule has 0 amide bonds. The van der Waals surface area contributed by atoms with Crippen LogP contribution in [0.2, 0.25) is 0 Å². The van der Waals surface area contributed by atoms with Crippen LogP contribution in [0.5, 0.6) is 0 Å². The number of pyridine rings is 2. The molecule has 2 aliphatic rings. The van der Waals surface area contributed by atoms with Crippen molar-refractivity contribution in [3.63, 3.8) is 0 Å². The maximum Gasteiger partial charge on any atom is 0.136 e. The van der Waals surface area contributed by atoms with Crippen molar-refractivity contribution in [2.24, 2.45) is 0 Å². The van der Waals surface area contributed by atoms with Crippen molar-refractivity contribution in [1.29, 1.82) is 0 Å². The number of aryl methyl sites for hydroxylation is 1. The number of anilines is 1. The fourth-order valence-corrected chi connectivity index (χ4v) is 4.89. The van der Waals surface area contributed by atoms with Crippen LogP contribution >= 0.6 is 0 Å². The van der Waals surface area contributed by atoms with E-state index in [1.165, 1.54) is 17.5 Å². The minimum Gasteiger partial charge on any atom is -0.350 e. The van der Waals surface area contributed by atoms with E-state index in [1.54, 1.807) is 0 Å². The van der Waals surface area contributed by atoms with Crippen molar-refractivity contribution in [2.45, 2.75) is 51.6 Å². The SMILES string of the molecule is Cc1nc(C2CCCN(Cc3ccncc3)C2)nc2c1CCCN2Cc1ccccn1. The van der Waals surface area contributed by atoms with E-state index in [0.29, 0.717) is 5.92 Å². The predicted octanol–water partition coefficient (Wildman–Crippen LogP) is 3.91. The zero-order chi connectivity index (χ0) is 21.0. The minimum absolute atomic E-state index is 0.387. The molecule has 6 heteroatoms. The molecule has 1 saturated heterocycles. The van der Waals surface area contributed by atoms with Crippen molar-refractivity contribution in [1.82, 2.24) is 24.8 Å². The van der Waals surface area contributed by atoms with Crippen molar-refractivity contribution < 1.29 is 0 Å². The van der Waals surface area contributed by atoms with E-state index in [-0.39, 0.29) is 0 Å². The molecule has 0 spiro atoms. The second kappa shape index (κ2) is 9.10. The molecule has 1 unspecified atom stereocenters. The molecular weight excluding hydrogens is 384 g/mol. The summed E-state index contributed by atoms with van der Waals surface area (Å²) in [6.45, 7) is 7.11. The summed E-state index contributed by atoms with van der Waals surface area (Å²) in [7, 11) is 0. The van der Waals surface area contributed by atoms with Gasteiger partial charge in [-0.1, -0.05) is 6.07 Å². The van der Waals surface area contributed by atoms with E-state index >= 15 is 0 Å². The number of fused-ring (bicyclic) bond motifs is 1. The Morgan fingerprint density at radius 1 is 0.968 bits per heavy atom. The lowest BCUT2D eigenvalue weighted by Gasteiger charge is -2.34. The molecule has 31 heavy (non-hydrogen) atoms. The quantitative estimate of drug-likeness (QED) is 0.631. The number of piperidine rings is 1. The highest BCUT2D eigenvalue weighted by Crippen LogP contribution is 2.32. The predicted molar refractivity (Wildman–Crippen MR) is 122 cm³/mol. The highest BCUT2D eigenvalue weighted by molar-refractivity contribution is 5.51. The average molecular weight is 415 g/mol. The van der Waals surface area contributed by atoms with Gasteiger partial charge < -0.3 is 4.90 Å². The van der Waals surface area contributed by atoms with Crippen LogP contribution in [0.1, 0.15) is 53.5 Å². The van der Waals surface area contributed by atoms with Gasteiger partial charge in [0.25, 0.3) is 0 Å². The molecule has 3 aromatic rings. The lowest BCUT2D eigenvalue weighted by atomic mass is 9.95. The van der Waals surface area contributed by atoms with E-state index in [1.807, 2.05) is 24.7 Å². The van der Waals surface area contributed by atoms with Crippen LogP contribution in [0.15, 0.2) is 48.9 Å². The van der Waals surface area contributed by atoms with Gasteiger partial charge in [-0.3, -0.25) is 14.9 Å². The van der Waals surface area contributed by atoms with Crippen LogP contribution in [-0.2, 0) is 19.5 Å². The third kappa shape index (κ3) is 4.59. The summed E-state index contributed by atoms with van der Waals surface area (Å²) in [5, 5.41) is 0. The Morgan fingerprint density at radius 3 is 2.71 bits per heavy atom. The summed E-state index contributed by atoms with van der Waals surface area (Å²) in [5.74, 6) is 2.53. The van der Waals surface area contributed by atoms with Crippen LogP contribution < -0.4 is 4.90 Å². The van der Waals surface area contributed by atoms with Gasteiger partial charge >= 0.3 is 0 Å². The minimum atomic E-state index is 0.387. The van der Waals surface area contributed by atoms with Crippen molar-refractivity contribution in [3.05, 3.63) is 77.3 Å². The zero-order valence-corrected chi connectivity index (χ0v) is 18.2. The largest absolute Gasteiger partial charge is 0.350 e. The topological polar surface area (TPSA) is 58.0 Å². The molecule has 1 fully saturated rings. The van der Waals surface area contributed by atoms with Gasteiger partial charge in [-0.25, -0.2) is 9.97 Å². The highest BCUT2D eigenvalue weighted by atomic mass is 15.2. The van der Waals surface area contributed by atoms with Crippen molar-refractivity contribution in [3.8, 4) is 0 Å². The van der Waals surface area contributed by atoms with E-state index < -0.39 is 0 Å². The molecule has 5 rings (SSSR count). The summed E-state index contributed by atoms with van der Waals surface area (Å²) in [4.78, 5) is 23.8. The van der Waals surface area contributed by atoms with Gasteiger partial charge in [-0.15, -0.1) is 0 Å². The number of hydrogen-bond acceptors (Lipinski definition) is 6. The third-order valence-electron chi connectivity index (χ3n) is 6.47. The Balaban J connectivity index is 1.37. The second-order valence-electron chi connectivity index (χ2n) is 8.75.